The van der Waals surface area contributed by atoms with Crippen LogP contribution in [0.4, 0.5) is 0 Å². The molecule has 0 bridgehead atoms. The van der Waals surface area contributed by atoms with Crippen molar-refractivity contribution in [1.29, 1.82) is 0 Å². The Hall–Kier alpha value is -2.80. The molecule has 0 unspecified atom stereocenters. The number of carbonyl (C=O) groups excluding carboxylic acids is 3. The zero-order valence-corrected chi connectivity index (χ0v) is 15.9. The Kier molecular flexibility index (Phi) is 7.88. The van der Waals surface area contributed by atoms with Crippen molar-refractivity contribution >= 4 is 29.6 Å². The number of amides is 1. The number of carbonyl (C=O) groups is 3. The van der Waals surface area contributed by atoms with Gasteiger partial charge in [-0.05, 0) is 11.1 Å². The molecule has 0 radical (unpaired) electrons. The second-order valence-electron chi connectivity index (χ2n) is 5.60. The average Bonchev–Trinajstić information content (AvgIpc) is 2.69. The van der Waals surface area contributed by atoms with Crippen molar-refractivity contribution < 1.29 is 23.9 Å². The molecule has 2 rings (SSSR count). The maximum atomic E-state index is 12.5. The SMILES string of the molecule is COC(=O)[C@@H](OC(C)=O)SCC(=O)NC(c1ccccc1)c1ccccc1. The first-order valence-electron chi connectivity index (χ1n) is 8.27. The molecule has 6 nitrogen and oxygen atoms in total. The van der Waals surface area contributed by atoms with Gasteiger partial charge in [-0.2, -0.15) is 0 Å². The predicted octanol–water partition coefficient (Wildman–Crippen LogP) is 2.69. The van der Waals surface area contributed by atoms with Crippen LogP contribution in [0.15, 0.2) is 60.7 Å². The van der Waals surface area contributed by atoms with Gasteiger partial charge in [0.25, 0.3) is 0 Å². The fraction of sp³-hybridized carbons (Fsp3) is 0.250. The molecule has 0 aromatic heterocycles. The maximum absolute atomic E-state index is 12.5. The van der Waals surface area contributed by atoms with E-state index in [1.165, 1.54) is 14.0 Å². The molecule has 0 aliphatic carbocycles. The third-order valence-electron chi connectivity index (χ3n) is 3.60. The first-order chi connectivity index (χ1) is 13.0. The van der Waals surface area contributed by atoms with Crippen molar-refractivity contribution in [3.8, 4) is 0 Å². The summed E-state index contributed by atoms with van der Waals surface area (Å²) in [6.07, 6.45) is 0. The lowest BCUT2D eigenvalue weighted by Gasteiger charge is -2.20. The normalized spacial score (nSPS) is 11.5. The Bertz CT molecular complexity index is 727. The Balaban J connectivity index is 2.07. The highest BCUT2D eigenvalue weighted by Gasteiger charge is 2.25. The van der Waals surface area contributed by atoms with Crippen LogP contribution in [0.25, 0.3) is 0 Å². The van der Waals surface area contributed by atoms with Crippen LogP contribution in [-0.2, 0) is 23.9 Å². The van der Waals surface area contributed by atoms with Gasteiger partial charge in [-0.15, -0.1) is 0 Å². The molecule has 0 spiro atoms. The number of hydrogen-bond acceptors (Lipinski definition) is 6. The van der Waals surface area contributed by atoms with Gasteiger partial charge in [0, 0.05) is 6.92 Å². The Labute approximate surface area is 162 Å². The number of benzene rings is 2. The lowest BCUT2D eigenvalue weighted by Crippen LogP contribution is -2.33. The van der Waals surface area contributed by atoms with Gasteiger partial charge in [0.1, 0.15) is 0 Å². The number of ether oxygens (including phenoxy) is 2. The van der Waals surface area contributed by atoms with Crippen LogP contribution in [0.2, 0.25) is 0 Å². The fourth-order valence-electron chi connectivity index (χ4n) is 2.40. The summed E-state index contributed by atoms with van der Waals surface area (Å²) in [6, 6.07) is 18.8. The zero-order chi connectivity index (χ0) is 19.6. The quantitative estimate of drug-likeness (QED) is 0.554. The average molecular weight is 387 g/mol. The number of rotatable bonds is 8. The molecule has 0 saturated heterocycles. The van der Waals surface area contributed by atoms with Gasteiger partial charge in [-0.1, -0.05) is 72.4 Å². The summed E-state index contributed by atoms with van der Waals surface area (Å²) < 4.78 is 9.49. The monoisotopic (exact) mass is 387 g/mol. The molecule has 2 aromatic rings. The maximum Gasteiger partial charge on any atom is 0.358 e. The molecule has 1 atom stereocenters. The van der Waals surface area contributed by atoms with Crippen LogP contribution in [0.1, 0.15) is 24.1 Å². The highest BCUT2D eigenvalue weighted by molar-refractivity contribution is 8.01. The van der Waals surface area contributed by atoms with Crippen molar-refractivity contribution in [1.82, 2.24) is 5.32 Å². The minimum Gasteiger partial charge on any atom is -0.466 e. The Morgan fingerprint density at radius 3 is 1.93 bits per heavy atom. The van der Waals surface area contributed by atoms with Crippen LogP contribution in [0, 0.1) is 0 Å². The van der Waals surface area contributed by atoms with Gasteiger partial charge >= 0.3 is 11.9 Å². The predicted molar refractivity (Wildman–Crippen MR) is 103 cm³/mol. The van der Waals surface area contributed by atoms with Crippen LogP contribution in [0.5, 0.6) is 0 Å². The van der Waals surface area contributed by atoms with Gasteiger partial charge in [-0.3, -0.25) is 9.59 Å². The van der Waals surface area contributed by atoms with E-state index in [2.05, 4.69) is 10.1 Å². The summed E-state index contributed by atoms with van der Waals surface area (Å²) >= 11 is 0.893. The van der Waals surface area contributed by atoms with E-state index in [4.69, 9.17) is 4.74 Å². The summed E-state index contributed by atoms with van der Waals surface area (Å²) in [5, 5.41) is 2.96. The molecule has 0 aliphatic heterocycles. The smallest absolute Gasteiger partial charge is 0.358 e. The van der Waals surface area contributed by atoms with E-state index in [1.807, 2.05) is 60.7 Å². The van der Waals surface area contributed by atoms with E-state index in [9.17, 15) is 14.4 Å². The van der Waals surface area contributed by atoms with Crippen molar-refractivity contribution in [2.24, 2.45) is 0 Å². The van der Waals surface area contributed by atoms with E-state index in [0.717, 1.165) is 22.9 Å². The summed E-state index contributed by atoms with van der Waals surface area (Å²) in [5.74, 6) is -1.70. The van der Waals surface area contributed by atoms with Crippen LogP contribution >= 0.6 is 11.8 Å². The molecular formula is C20H21NO5S. The Morgan fingerprint density at radius 1 is 0.963 bits per heavy atom. The van der Waals surface area contributed by atoms with Crippen LogP contribution in [0.3, 0.4) is 0 Å². The molecular weight excluding hydrogens is 366 g/mol. The van der Waals surface area contributed by atoms with Crippen molar-refractivity contribution in [3.05, 3.63) is 71.8 Å². The van der Waals surface area contributed by atoms with Crippen molar-refractivity contribution in [3.63, 3.8) is 0 Å². The standard InChI is InChI=1S/C20H21NO5S/c1-14(22)26-20(19(24)25-2)27-13-17(23)21-18(15-9-5-3-6-10-15)16-11-7-4-8-12-16/h3-12,18,20H,13H2,1-2H3,(H,21,23)/t20-/m0/s1. The lowest BCUT2D eigenvalue weighted by atomic mass is 9.99. The van der Waals surface area contributed by atoms with Crippen molar-refractivity contribution in [2.75, 3.05) is 12.9 Å². The van der Waals surface area contributed by atoms with Gasteiger partial charge in [0.15, 0.2) is 0 Å². The van der Waals surface area contributed by atoms with Crippen molar-refractivity contribution in [2.45, 2.75) is 18.4 Å². The summed E-state index contributed by atoms with van der Waals surface area (Å²) in [4.78, 5) is 35.3. The number of esters is 2. The highest BCUT2D eigenvalue weighted by Crippen LogP contribution is 2.22. The summed E-state index contributed by atoms with van der Waals surface area (Å²) in [6.45, 7) is 1.19. The number of hydrogen-bond donors (Lipinski definition) is 1. The van der Waals surface area contributed by atoms with Crippen LogP contribution < -0.4 is 5.32 Å². The van der Waals surface area contributed by atoms with Gasteiger partial charge < -0.3 is 14.8 Å². The van der Waals surface area contributed by atoms with Gasteiger partial charge in [0.05, 0.1) is 18.9 Å². The van der Waals surface area contributed by atoms with E-state index in [-0.39, 0.29) is 17.7 Å². The van der Waals surface area contributed by atoms with E-state index in [1.54, 1.807) is 0 Å². The van der Waals surface area contributed by atoms with E-state index >= 15 is 0 Å². The molecule has 1 N–H and O–H groups in total. The second kappa shape index (κ2) is 10.4. The molecule has 27 heavy (non-hydrogen) atoms. The van der Waals surface area contributed by atoms with E-state index < -0.39 is 17.4 Å². The van der Waals surface area contributed by atoms with Crippen LogP contribution in [-0.4, -0.2) is 36.1 Å². The molecule has 0 fully saturated rings. The van der Waals surface area contributed by atoms with E-state index in [0.29, 0.717) is 0 Å². The minimum atomic E-state index is -1.18. The molecule has 2 aromatic carbocycles. The molecule has 0 aliphatic rings. The highest BCUT2D eigenvalue weighted by atomic mass is 32.2. The summed E-state index contributed by atoms with van der Waals surface area (Å²) in [7, 11) is 1.19. The molecule has 142 valence electrons. The largest absolute Gasteiger partial charge is 0.466 e. The molecule has 0 heterocycles. The third kappa shape index (κ3) is 6.45. The zero-order valence-electron chi connectivity index (χ0n) is 15.1. The fourth-order valence-corrected chi connectivity index (χ4v) is 3.22. The molecule has 0 saturated carbocycles. The topological polar surface area (TPSA) is 81.7 Å². The second-order valence-corrected chi connectivity index (χ2v) is 6.65. The number of methoxy groups -OCH3 is 1. The number of nitrogens with one attached hydrogen (secondary N) is 1. The number of thioether (sulfide) groups is 1. The third-order valence-corrected chi connectivity index (χ3v) is 4.62. The molecule has 1 amide bonds. The Morgan fingerprint density at radius 2 is 1.48 bits per heavy atom. The summed E-state index contributed by atoms with van der Waals surface area (Å²) in [5.41, 5.74) is 0.697. The first kappa shape index (κ1) is 20.5. The van der Waals surface area contributed by atoms with Gasteiger partial charge in [0.2, 0.25) is 11.3 Å². The van der Waals surface area contributed by atoms with Gasteiger partial charge in [-0.25, -0.2) is 4.79 Å². The minimum absolute atomic E-state index is 0.0663. The first-order valence-corrected chi connectivity index (χ1v) is 9.32. The lowest BCUT2D eigenvalue weighted by molar-refractivity contribution is -0.158. The molecule has 7 heteroatoms.